The first-order valence-electron chi connectivity index (χ1n) is 6.23. The molecule has 7 heteroatoms. The van der Waals surface area contributed by atoms with Crippen molar-refractivity contribution < 1.29 is 9.59 Å². The highest BCUT2D eigenvalue weighted by atomic mass is 35.5. The van der Waals surface area contributed by atoms with Crippen molar-refractivity contribution in [2.24, 2.45) is 5.73 Å². The highest BCUT2D eigenvalue weighted by Crippen LogP contribution is 2.29. The number of thioether (sulfide) groups is 1. The first kappa shape index (κ1) is 16.7. The summed E-state index contributed by atoms with van der Waals surface area (Å²) in [5.74, 6) is -0.505. The fourth-order valence-corrected chi connectivity index (χ4v) is 2.94. The van der Waals surface area contributed by atoms with Crippen molar-refractivity contribution in [3.63, 3.8) is 0 Å². The molecule has 0 spiro atoms. The average molecular weight is 355 g/mol. The van der Waals surface area contributed by atoms with Crippen LogP contribution in [0.15, 0.2) is 47.4 Å². The van der Waals surface area contributed by atoms with Crippen LogP contribution in [0, 0.1) is 0 Å². The molecule has 2 amide bonds. The summed E-state index contributed by atoms with van der Waals surface area (Å²) in [6.45, 7) is 0. The SMILES string of the molecule is NC(=O)c1ccc(NC(=O)CSc2cc(Cl)ccc2Cl)cc1. The van der Waals surface area contributed by atoms with Gasteiger partial charge in [-0.15, -0.1) is 11.8 Å². The average Bonchev–Trinajstić information content (AvgIpc) is 2.49. The molecule has 0 aliphatic carbocycles. The summed E-state index contributed by atoms with van der Waals surface area (Å²) in [6.07, 6.45) is 0. The van der Waals surface area contributed by atoms with Crippen molar-refractivity contribution >= 4 is 52.5 Å². The quantitative estimate of drug-likeness (QED) is 0.801. The Morgan fingerprint density at radius 3 is 2.41 bits per heavy atom. The molecule has 3 N–H and O–H groups in total. The molecule has 0 fully saturated rings. The monoisotopic (exact) mass is 354 g/mol. The van der Waals surface area contributed by atoms with Gasteiger partial charge >= 0.3 is 0 Å². The van der Waals surface area contributed by atoms with E-state index in [0.29, 0.717) is 21.3 Å². The smallest absolute Gasteiger partial charge is 0.248 e. The molecule has 2 aromatic carbocycles. The lowest BCUT2D eigenvalue weighted by Crippen LogP contribution is -2.15. The summed E-state index contributed by atoms with van der Waals surface area (Å²) in [4.78, 5) is 23.6. The number of nitrogens with two attached hydrogens (primary N) is 1. The van der Waals surface area contributed by atoms with Crippen LogP contribution in [0.4, 0.5) is 5.69 Å². The first-order valence-corrected chi connectivity index (χ1v) is 7.97. The van der Waals surface area contributed by atoms with Gasteiger partial charge in [0, 0.05) is 21.2 Å². The van der Waals surface area contributed by atoms with Crippen LogP contribution < -0.4 is 11.1 Å². The molecule has 0 unspecified atom stereocenters. The highest BCUT2D eigenvalue weighted by Gasteiger charge is 2.08. The Balaban J connectivity index is 1.92. The fourth-order valence-electron chi connectivity index (χ4n) is 1.65. The number of rotatable bonds is 5. The predicted molar refractivity (Wildman–Crippen MR) is 90.8 cm³/mol. The molecule has 114 valence electrons. The summed E-state index contributed by atoms with van der Waals surface area (Å²) >= 11 is 13.2. The molecule has 0 aromatic heterocycles. The van der Waals surface area contributed by atoms with E-state index in [0.717, 1.165) is 4.90 Å². The van der Waals surface area contributed by atoms with Crippen molar-refractivity contribution in [1.29, 1.82) is 0 Å². The van der Waals surface area contributed by atoms with Crippen LogP contribution in [0.1, 0.15) is 10.4 Å². The van der Waals surface area contributed by atoms with Crippen molar-refractivity contribution in [3.8, 4) is 0 Å². The molecule has 4 nitrogen and oxygen atoms in total. The van der Waals surface area contributed by atoms with E-state index in [1.807, 2.05) is 0 Å². The van der Waals surface area contributed by atoms with Crippen molar-refractivity contribution in [2.45, 2.75) is 4.90 Å². The van der Waals surface area contributed by atoms with Gasteiger partial charge in [-0.2, -0.15) is 0 Å². The Bertz CT molecular complexity index is 705. The molecule has 0 radical (unpaired) electrons. The zero-order valence-corrected chi connectivity index (χ0v) is 13.6. The van der Waals surface area contributed by atoms with E-state index < -0.39 is 5.91 Å². The van der Waals surface area contributed by atoms with Crippen LogP contribution in [0.3, 0.4) is 0 Å². The maximum atomic E-state index is 11.9. The molecular formula is C15H12Cl2N2O2S. The Hall–Kier alpha value is -1.69. The molecule has 0 bridgehead atoms. The van der Waals surface area contributed by atoms with Gasteiger partial charge < -0.3 is 11.1 Å². The van der Waals surface area contributed by atoms with Crippen LogP contribution in [0.5, 0.6) is 0 Å². The third kappa shape index (κ3) is 4.66. The maximum Gasteiger partial charge on any atom is 0.248 e. The van der Waals surface area contributed by atoms with Crippen LogP contribution >= 0.6 is 35.0 Å². The number of hydrogen-bond donors (Lipinski definition) is 2. The predicted octanol–water partition coefficient (Wildman–Crippen LogP) is 3.82. The number of nitrogens with one attached hydrogen (secondary N) is 1. The van der Waals surface area contributed by atoms with Crippen molar-refractivity contribution in [1.82, 2.24) is 0 Å². The Kier molecular flexibility index (Phi) is 5.71. The second-order valence-electron chi connectivity index (χ2n) is 4.35. The molecule has 2 aromatic rings. The minimum Gasteiger partial charge on any atom is -0.366 e. The highest BCUT2D eigenvalue weighted by molar-refractivity contribution is 8.00. The number of halogens is 2. The second kappa shape index (κ2) is 7.54. The number of hydrogen-bond acceptors (Lipinski definition) is 3. The zero-order valence-electron chi connectivity index (χ0n) is 11.3. The van der Waals surface area contributed by atoms with Gasteiger partial charge in [0.25, 0.3) is 0 Å². The summed E-state index contributed by atoms with van der Waals surface area (Å²) in [6, 6.07) is 11.4. The Labute approximate surface area is 142 Å². The van der Waals surface area contributed by atoms with Gasteiger partial charge in [-0.05, 0) is 42.5 Å². The summed E-state index contributed by atoms with van der Waals surface area (Å²) in [5, 5.41) is 3.84. The van der Waals surface area contributed by atoms with Crippen LogP contribution in [-0.2, 0) is 4.79 Å². The summed E-state index contributed by atoms with van der Waals surface area (Å²) in [5.41, 5.74) is 6.13. The topological polar surface area (TPSA) is 72.2 Å². The lowest BCUT2D eigenvalue weighted by atomic mass is 10.2. The molecule has 0 saturated carbocycles. The van der Waals surface area contributed by atoms with E-state index in [-0.39, 0.29) is 11.7 Å². The standard InChI is InChI=1S/C15H12Cl2N2O2S/c16-10-3-6-12(17)13(7-10)22-8-14(20)19-11-4-1-9(2-5-11)15(18)21/h1-7H,8H2,(H2,18,21)(H,19,20). The van der Waals surface area contributed by atoms with Gasteiger partial charge in [-0.1, -0.05) is 23.2 Å². The molecule has 0 saturated heterocycles. The Morgan fingerprint density at radius 2 is 1.77 bits per heavy atom. The Morgan fingerprint density at radius 1 is 1.09 bits per heavy atom. The summed E-state index contributed by atoms with van der Waals surface area (Å²) < 4.78 is 0. The maximum absolute atomic E-state index is 11.9. The van der Waals surface area contributed by atoms with Gasteiger partial charge in [0.2, 0.25) is 11.8 Å². The van der Waals surface area contributed by atoms with Crippen LogP contribution in [0.2, 0.25) is 10.0 Å². The number of benzene rings is 2. The minimum absolute atomic E-state index is 0.187. The molecule has 22 heavy (non-hydrogen) atoms. The van der Waals surface area contributed by atoms with E-state index in [2.05, 4.69) is 5.32 Å². The molecule has 0 heterocycles. The molecule has 2 rings (SSSR count). The van der Waals surface area contributed by atoms with E-state index in [1.165, 1.54) is 11.8 Å². The van der Waals surface area contributed by atoms with E-state index in [1.54, 1.807) is 42.5 Å². The largest absolute Gasteiger partial charge is 0.366 e. The molecule has 0 aliphatic rings. The van der Waals surface area contributed by atoms with Crippen LogP contribution in [0.25, 0.3) is 0 Å². The third-order valence-corrected chi connectivity index (χ3v) is 4.44. The minimum atomic E-state index is -0.510. The number of anilines is 1. The van der Waals surface area contributed by atoms with Gasteiger partial charge in [0.15, 0.2) is 0 Å². The van der Waals surface area contributed by atoms with Gasteiger partial charge in [0.1, 0.15) is 0 Å². The lowest BCUT2D eigenvalue weighted by molar-refractivity contribution is -0.113. The van der Waals surface area contributed by atoms with E-state index in [4.69, 9.17) is 28.9 Å². The first-order chi connectivity index (χ1) is 10.5. The van der Waals surface area contributed by atoms with Gasteiger partial charge in [-0.3, -0.25) is 9.59 Å². The van der Waals surface area contributed by atoms with Gasteiger partial charge in [-0.25, -0.2) is 0 Å². The number of carbonyl (C=O) groups is 2. The van der Waals surface area contributed by atoms with Crippen LogP contribution in [-0.4, -0.2) is 17.6 Å². The number of carbonyl (C=O) groups excluding carboxylic acids is 2. The third-order valence-electron chi connectivity index (χ3n) is 2.71. The van der Waals surface area contributed by atoms with Crippen molar-refractivity contribution in [2.75, 3.05) is 11.1 Å². The van der Waals surface area contributed by atoms with E-state index >= 15 is 0 Å². The number of primary amides is 1. The van der Waals surface area contributed by atoms with Gasteiger partial charge in [0.05, 0.1) is 10.8 Å². The fraction of sp³-hybridized carbons (Fsp3) is 0.0667. The molecular weight excluding hydrogens is 343 g/mol. The normalized spacial score (nSPS) is 10.3. The number of amides is 2. The summed E-state index contributed by atoms with van der Waals surface area (Å²) in [7, 11) is 0. The van der Waals surface area contributed by atoms with Crippen molar-refractivity contribution in [3.05, 3.63) is 58.1 Å². The second-order valence-corrected chi connectivity index (χ2v) is 6.21. The zero-order chi connectivity index (χ0) is 16.1. The van der Waals surface area contributed by atoms with E-state index in [9.17, 15) is 9.59 Å². The lowest BCUT2D eigenvalue weighted by Gasteiger charge is -2.07. The molecule has 0 atom stereocenters. The molecule has 0 aliphatic heterocycles.